The normalized spacial score (nSPS) is 10.5. The molecule has 0 spiro atoms. The van der Waals surface area contributed by atoms with Gasteiger partial charge in [-0.3, -0.25) is 18.4 Å². The third-order valence-electron chi connectivity index (χ3n) is 2.34. The number of aromatic nitrogens is 2. The maximum atomic E-state index is 8.52. The average molecular weight is 335 g/mol. The molecule has 1 radical (unpaired) electrons. The Morgan fingerprint density at radius 1 is 0.800 bits per heavy atom. The third kappa shape index (κ3) is 4.51. The number of fused-ring (bicyclic) bond motifs is 3. The van der Waals surface area contributed by atoms with Crippen molar-refractivity contribution in [3.05, 3.63) is 48.8 Å². The second-order valence-corrected chi connectivity index (χ2v) is 4.44. The van der Waals surface area contributed by atoms with Crippen LogP contribution in [-0.2, 0) is 27.2 Å². The molecule has 0 aliphatic heterocycles. The molecule has 0 atom stereocenters. The SMILES string of the molecule is O=S(=O)([O-])[O-].[Co+2].c1cnc2c(c1)ccc1cccnc12. The first-order chi connectivity index (χ1) is 8.95. The summed E-state index contributed by atoms with van der Waals surface area (Å²) in [6.07, 6.45) is 3.60. The van der Waals surface area contributed by atoms with Gasteiger partial charge in [-0.25, -0.2) is 0 Å². The average Bonchev–Trinajstić information content (AvgIpc) is 2.37. The van der Waals surface area contributed by atoms with E-state index in [4.69, 9.17) is 17.5 Å². The summed E-state index contributed by atoms with van der Waals surface area (Å²) in [6, 6.07) is 12.1. The van der Waals surface area contributed by atoms with E-state index in [1.54, 1.807) is 12.4 Å². The molecule has 6 nitrogen and oxygen atoms in total. The summed E-state index contributed by atoms with van der Waals surface area (Å²) in [4.78, 5) is 8.69. The van der Waals surface area contributed by atoms with Gasteiger partial charge >= 0.3 is 16.8 Å². The Balaban J connectivity index is 0.000000293. The van der Waals surface area contributed by atoms with E-state index in [2.05, 4.69) is 34.2 Å². The van der Waals surface area contributed by atoms with Crippen LogP contribution in [0.4, 0.5) is 0 Å². The summed E-state index contributed by atoms with van der Waals surface area (Å²) in [5.74, 6) is 0. The van der Waals surface area contributed by atoms with Crippen molar-refractivity contribution in [1.82, 2.24) is 9.97 Å². The smallest absolute Gasteiger partial charge is 0.759 e. The van der Waals surface area contributed by atoms with E-state index in [9.17, 15) is 0 Å². The minimum atomic E-state index is -5.17. The van der Waals surface area contributed by atoms with Crippen molar-refractivity contribution in [2.24, 2.45) is 0 Å². The molecule has 8 heteroatoms. The summed E-state index contributed by atoms with van der Waals surface area (Å²) >= 11 is 0. The predicted octanol–water partition coefficient (Wildman–Crippen LogP) is 1.44. The standard InChI is InChI=1S/C12H8N2.Co.H2O4S/c1-3-9-5-6-10-4-2-8-14-12(10)11(9)13-7-1;;1-5(2,3)4/h1-8H;;(H2,1,2,3,4)/q;+2;/p-2. The van der Waals surface area contributed by atoms with Crippen LogP contribution in [0.2, 0.25) is 0 Å². The minimum Gasteiger partial charge on any atom is -0.759 e. The van der Waals surface area contributed by atoms with Gasteiger partial charge < -0.3 is 9.11 Å². The van der Waals surface area contributed by atoms with Crippen LogP contribution in [0.15, 0.2) is 48.8 Å². The molecule has 3 rings (SSSR count). The topological polar surface area (TPSA) is 106 Å². The molecule has 3 aromatic rings. The Morgan fingerprint density at radius 2 is 1.15 bits per heavy atom. The van der Waals surface area contributed by atoms with E-state index in [0.29, 0.717) is 0 Å². The van der Waals surface area contributed by atoms with E-state index < -0.39 is 10.4 Å². The van der Waals surface area contributed by atoms with Gasteiger partial charge in [-0.05, 0) is 12.1 Å². The third-order valence-corrected chi connectivity index (χ3v) is 2.34. The van der Waals surface area contributed by atoms with Crippen molar-refractivity contribution in [3.8, 4) is 0 Å². The summed E-state index contributed by atoms with van der Waals surface area (Å²) in [5.41, 5.74) is 1.95. The fourth-order valence-electron chi connectivity index (χ4n) is 1.68. The minimum absolute atomic E-state index is 0. The number of pyridine rings is 2. The molecule has 0 unspecified atom stereocenters. The van der Waals surface area contributed by atoms with Gasteiger partial charge in [-0.15, -0.1) is 0 Å². The Morgan fingerprint density at radius 3 is 1.50 bits per heavy atom. The zero-order valence-electron chi connectivity index (χ0n) is 9.89. The number of nitrogens with zero attached hydrogens (tertiary/aromatic N) is 2. The van der Waals surface area contributed by atoms with Crippen molar-refractivity contribution in [3.63, 3.8) is 0 Å². The van der Waals surface area contributed by atoms with Gasteiger partial charge in [-0.2, -0.15) is 0 Å². The molecule has 0 aliphatic rings. The monoisotopic (exact) mass is 335 g/mol. The van der Waals surface area contributed by atoms with Gasteiger partial charge in [0.05, 0.1) is 11.0 Å². The van der Waals surface area contributed by atoms with Crippen LogP contribution >= 0.6 is 0 Å². The van der Waals surface area contributed by atoms with Gasteiger partial charge in [0, 0.05) is 33.6 Å². The van der Waals surface area contributed by atoms with Gasteiger partial charge in [-0.1, -0.05) is 24.3 Å². The van der Waals surface area contributed by atoms with E-state index in [0.717, 1.165) is 21.8 Å². The van der Waals surface area contributed by atoms with Crippen LogP contribution in [0, 0.1) is 0 Å². The van der Waals surface area contributed by atoms with Gasteiger partial charge in [0.1, 0.15) is 0 Å². The molecule has 0 N–H and O–H groups in total. The second kappa shape index (κ2) is 6.73. The summed E-state index contributed by atoms with van der Waals surface area (Å²) in [6.45, 7) is 0. The van der Waals surface area contributed by atoms with Crippen molar-refractivity contribution < 1.29 is 34.3 Å². The molecule has 0 fully saturated rings. The zero-order valence-corrected chi connectivity index (χ0v) is 11.7. The van der Waals surface area contributed by atoms with Crippen LogP contribution in [0.1, 0.15) is 0 Å². The molecule has 0 amide bonds. The van der Waals surface area contributed by atoms with Crippen LogP contribution in [0.3, 0.4) is 0 Å². The van der Waals surface area contributed by atoms with E-state index in [1.165, 1.54) is 0 Å². The van der Waals surface area contributed by atoms with E-state index in [1.807, 2.05) is 12.1 Å². The number of rotatable bonds is 0. The Bertz CT molecular complexity index is 761. The van der Waals surface area contributed by atoms with E-state index in [-0.39, 0.29) is 16.8 Å². The fraction of sp³-hybridized carbons (Fsp3) is 0. The largest absolute Gasteiger partial charge is 2.00 e. The molecular formula is C12H8CoN2O4S. The van der Waals surface area contributed by atoms with Crippen molar-refractivity contribution >= 4 is 32.2 Å². The first kappa shape index (κ1) is 16.5. The molecule has 0 saturated heterocycles. The van der Waals surface area contributed by atoms with Crippen LogP contribution < -0.4 is 0 Å². The Hall–Kier alpha value is -1.58. The predicted molar refractivity (Wildman–Crippen MR) is 67.5 cm³/mol. The molecule has 0 bridgehead atoms. The Labute approximate surface area is 125 Å². The molecule has 0 aliphatic carbocycles. The maximum Gasteiger partial charge on any atom is 2.00 e. The Kier molecular flexibility index (Phi) is 5.54. The first-order valence-corrected chi connectivity index (χ1v) is 6.53. The number of benzene rings is 1. The molecular weight excluding hydrogens is 327 g/mol. The van der Waals surface area contributed by atoms with Gasteiger partial charge in [0.25, 0.3) is 0 Å². The van der Waals surface area contributed by atoms with Gasteiger partial charge in [0.2, 0.25) is 0 Å². The van der Waals surface area contributed by atoms with Crippen LogP contribution in [0.5, 0.6) is 0 Å². The molecule has 0 saturated carbocycles. The summed E-state index contributed by atoms with van der Waals surface area (Å²) in [5, 5.41) is 2.28. The molecule has 1 aromatic carbocycles. The van der Waals surface area contributed by atoms with Gasteiger partial charge in [0.15, 0.2) is 0 Å². The van der Waals surface area contributed by atoms with E-state index >= 15 is 0 Å². The molecule has 105 valence electrons. The van der Waals surface area contributed by atoms with Crippen molar-refractivity contribution in [1.29, 1.82) is 0 Å². The van der Waals surface area contributed by atoms with Crippen molar-refractivity contribution in [2.75, 3.05) is 0 Å². The molecule has 2 heterocycles. The first-order valence-electron chi connectivity index (χ1n) is 5.20. The maximum absolute atomic E-state index is 8.52. The zero-order chi connectivity index (χ0) is 13.9. The van der Waals surface area contributed by atoms with Crippen molar-refractivity contribution in [2.45, 2.75) is 0 Å². The summed E-state index contributed by atoms with van der Waals surface area (Å²) in [7, 11) is -5.17. The molecule has 20 heavy (non-hydrogen) atoms. The van der Waals surface area contributed by atoms with Crippen LogP contribution in [-0.4, -0.2) is 27.5 Å². The second-order valence-electron chi connectivity index (χ2n) is 3.62. The number of hydrogen-bond acceptors (Lipinski definition) is 6. The fourth-order valence-corrected chi connectivity index (χ4v) is 1.68. The summed E-state index contributed by atoms with van der Waals surface area (Å²) < 4.78 is 34.1. The molecule has 2 aromatic heterocycles. The van der Waals surface area contributed by atoms with Crippen LogP contribution in [0.25, 0.3) is 21.8 Å². The number of hydrogen-bond donors (Lipinski definition) is 0. The quantitative estimate of drug-likeness (QED) is 0.350.